The fourth-order valence-corrected chi connectivity index (χ4v) is 1.93. The van der Waals surface area contributed by atoms with E-state index >= 15 is 0 Å². The topological polar surface area (TPSA) is 9.23 Å². The Morgan fingerprint density at radius 3 is 2.54 bits per heavy atom. The molecule has 0 spiro atoms. The summed E-state index contributed by atoms with van der Waals surface area (Å²) in [5, 5.41) is 0. The van der Waals surface area contributed by atoms with Crippen LogP contribution in [-0.2, 0) is 4.74 Å². The van der Waals surface area contributed by atoms with Crippen LogP contribution in [0.15, 0.2) is 12.7 Å². The Kier molecular flexibility index (Phi) is 6.97. The fraction of sp³-hybridized carbons (Fsp3) is 0.833. The summed E-state index contributed by atoms with van der Waals surface area (Å²) in [5.74, 6) is 1.50. The maximum Gasteiger partial charge on any atom is 0.0578 e. The zero-order chi connectivity index (χ0) is 10.3. The van der Waals surface area contributed by atoms with Gasteiger partial charge in [-0.15, -0.1) is 6.58 Å². The Morgan fingerprint density at radius 2 is 2.15 bits per heavy atom. The Hall–Kier alpha value is -0.300. The lowest BCUT2D eigenvalue weighted by Gasteiger charge is -2.20. The van der Waals surface area contributed by atoms with E-state index in [1.165, 1.54) is 6.42 Å². The van der Waals surface area contributed by atoms with Crippen LogP contribution in [0.4, 0.5) is 0 Å². The zero-order valence-electron chi connectivity index (χ0n) is 9.55. The molecule has 1 heterocycles. The van der Waals surface area contributed by atoms with Crippen molar-refractivity contribution in [3.8, 4) is 0 Å². The number of rotatable bonds is 3. The first-order chi connectivity index (χ1) is 6.25. The SMILES string of the molecule is C=CCC(C)[C@@H]1CCO[C@H]1C.CC. The normalized spacial score (nSPS) is 28.9. The molecule has 1 rings (SSSR count). The van der Waals surface area contributed by atoms with Gasteiger partial charge in [0, 0.05) is 6.61 Å². The molecule has 1 heteroatoms. The molecule has 1 fully saturated rings. The van der Waals surface area contributed by atoms with Gasteiger partial charge < -0.3 is 4.74 Å². The fourth-order valence-electron chi connectivity index (χ4n) is 1.93. The predicted octanol–water partition coefficient (Wildman–Crippen LogP) is 3.65. The lowest BCUT2D eigenvalue weighted by Crippen LogP contribution is -2.18. The third kappa shape index (κ3) is 3.95. The first-order valence-electron chi connectivity index (χ1n) is 5.48. The van der Waals surface area contributed by atoms with Crippen LogP contribution in [-0.4, -0.2) is 12.7 Å². The molecule has 1 aliphatic rings. The summed E-state index contributed by atoms with van der Waals surface area (Å²) in [6.07, 6.45) is 4.83. The van der Waals surface area contributed by atoms with Crippen LogP contribution in [0.3, 0.4) is 0 Å². The molecule has 0 amide bonds. The Labute approximate surface area is 83.2 Å². The number of allylic oxidation sites excluding steroid dienone is 1. The third-order valence-electron chi connectivity index (χ3n) is 2.70. The molecule has 0 aromatic carbocycles. The summed E-state index contributed by atoms with van der Waals surface area (Å²) in [4.78, 5) is 0. The smallest absolute Gasteiger partial charge is 0.0578 e. The van der Waals surface area contributed by atoms with Crippen molar-refractivity contribution in [2.45, 2.75) is 46.6 Å². The highest BCUT2D eigenvalue weighted by Crippen LogP contribution is 2.29. The lowest BCUT2D eigenvalue weighted by molar-refractivity contribution is 0.0926. The highest BCUT2D eigenvalue weighted by atomic mass is 16.5. The molecule has 3 atom stereocenters. The van der Waals surface area contributed by atoms with E-state index in [4.69, 9.17) is 4.74 Å². The zero-order valence-corrected chi connectivity index (χ0v) is 9.55. The van der Waals surface area contributed by atoms with E-state index < -0.39 is 0 Å². The van der Waals surface area contributed by atoms with Crippen molar-refractivity contribution in [1.29, 1.82) is 0 Å². The van der Waals surface area contributed by atoms with E-state index in [9.17, 15) is 0 Å². The predicted molar refractivity (Wildman–Crippen MR) is 58.8 cm³/mol. The monoisotopic (exact) mass is 184 g/mol. The van der Waals surface area contributed by atoms with Crippen LogP contribution in [0.1, 0.15) is 40.5 Å². The average Bonchev–Trinajstić information content (AvgIpc) is 2.55. The van der Waals surface area contributed by atoms with Crippen LogP contribution >= 0.6 is 0 Å². The number of hydrogen-bond donors (Lipinski definition) is 0. The Balaban J connectivity index is 0.000000671. The van der Waals surface area contributed by atoms with E-state index in [1.807, 2.05) is 19.9 Å². The van der Waals surface area contributed by atoms with E-state index in [0.717, 1.165) is 24.9 Å². The van der Waals surface area contributed by atoms with Crippen molar-refractivity contribution in [2.75, 3.05) is 6.61 Å². The molecule has 0 N–H and O–H groups in total. The van der Waals surface area contributed by atoms with Gasteiger partial charge in [-0.05, 0) is 31.6 Å². The van der Waals surface area contributed by atoms with Gasteiger partial charge >= 0.3 is 0 Å². The maximum atomic E-state index is 5.50. The highest BCUT2D eigenvalue weighted by molar-refractivity contribution is 4.81. The van der Waals surface area contributed by atoms with Crippen molar-refractivity contribution >= 4 is 0 Å². The number of ether oxygens (including phenoxy) is 1. The van der Waals surface area contributed by atoms with Crippen molar-refractivity contribution in [3.63, 3.8) is 0 Å². The van der Waals surface area contributed by atoms with Crippen molar-refractivity contribution in [2.24, 2.45) is 11.8 Å². The van der Waals surface area contributed by atoms with Gasteiger partial charge in [0.05, 0.1) is 6.10 Å². The number of hydrogen-bond acceptors (Lipinski definition) is 1. The minimum Gasteiger partial charge on any atom is -0.378 e. The summed E-state index contributed by atoms with van der Waals surface area (Å²) in [5.41, 5.74) is 0. The molecular formula is C12H24O. The summed E-state index contributed by atoms with van der Waals surface area (Å²) in [7, 11) is 0. The quantitative estimate of drug-likeness (QED) is 0.608. The average molecular weight is 184 g/mol. The van der Waals surface area contributed by atoms with E-state index in [0.29, 0.717) is 6.10 Å². The van der Waals surface area contributed by atoms with E-state index in [2.05, 4.69) is 20.4 Å². The largest absolute Gasteiger partial charge is 0.378 e. The highest BCUT2D eigenvalue weighted by Gasteiger charge is 2.28. The molecule has 0 aliphatic carbocycles. The van der Waals surface area contributed by atoms with E-state index in [-0.39, 0.29) is 0 Å². The van der Waals surface area contributed by atoms with Gasteiger partial charge in [0.2, 0.25) is 0 Å². The summed E-state index contributed by atoms with van der Waals surface area (Å²) in [6.45, 7) is 13.2. The van der Waals surface area contributed by atoms with Gasteiger partial charge in [-0.1, -0.05) is 26.8 Å². The molecule has 13 heavy (non-hydrogen) atoms. The van der Waals surface area contributed by atoms with Gasteiger partial charge in [-0.3, -0.25) is 0 Å². The van der Waals surface area contributed by atoms with Crippen LogP contribution in [0, 0.1) is 11.8 Å². The van der Waals surface area contributed by atoms with Crippen molar-refractivity contribution < 1.29 is 4.74 Å². The first-order valence-corrected chi connectivity index (χ1v) is 5.48. The van der Waals surface area contributed by atoms with Crippen molar-refractivity contribution in [1.82, 2.24) is 0 Å². The van der Waals surface area contributed by atoms with Gasteiger partial charge in [0.25, 0.3) is 0 Å². The maximum absolute atomic E-state index is 5.50. The van der Waals surface area contributed by atoms with Gasteiger partial charge in [0.1, 0.15) is 0 Å². The second-order valence-electron chi connectivity index (χ2n) is 3.53. The van der Waals surface area contributed by atoms with E-state index in [1.54, 1.807) is 0 Å². The molecular weight excluding hydrogens is 160 g/mol. The van der Waals surface area contributed by atoms with Crippen LogP contribution in [0.5, 0.6) is 0 Å². The first kappa shape index (κ1) is 12.7. The van der Waals surface area contributed by atoms with Crippen molar-refractivity contribution in [3.05, 3.63) is 12.7 Å². The Bertz CT molecular complexity index is 131. The third-order valence-corrected chi connectivity index (χ3v) is 2.70. The summed E-state index contributed by atoms with van der Waals surface area (Å²) < 4.78 is 5.50. The molecule has 1 nitrogen and oxygen atoms in total. The minimum atomic E-state index is 0.463. The summed E-state index contributed by atoms with van der Waals surface area (Å²) >= 11 is 0. The van der Waals surface area contributed by atoms with Crippen LogP contribution < -0.4 is 0 Å². The molecule has 78 valence electrons. The molecule has 0 aromatic rings. The lowest BCUT2D eigenvalue weighted by atomic mass is 9.86. The molecule has 0 bridgehead atoms. The van der Waals surface area contributed by atoms with Gasteiger partial charge in [-0.2, -0.15) is 0 Å². The molecule has 0 aromatic heterocycles. The molecule has 1 unspecified atom stereocenters. The molecule has 1 aliphatic heterocycles. The molecule has 0 saturated carbocycles. The molecule has 1 saturated heterocycles. The van der Waals surface area contributed by atoms with Crippen LogP contribution in [0.2, 0.25) is 0 Å². The second-order valence-corrected chi connectivity index (χ2v) is 3.53. The van der Waals surface area contributed by atoms with Gasteiger partial charge in [-0.25, -0.2) is 0 Å². The van der Waals surface area contributed by atoms with Gasteiger partial charge in [0.15, 0.2) is 0 Å². The second kappa shape index (κ2) is 7.14. The minimum absolute atomic E-state index is 0.463. The van der Waals surface area contributed by atoms with Crippen LogP contribution in [0.25, 0.3) is 0 Å². The standard InChI is InChI=1S/C10H18O.C2H6/c1-4-5-8(2)10-6-7-11-9(10)3;1-2/h4,8-10H,1,5-7H2,2-3H3;1-2H3/t8?,9-,10-;/m0./s1. The molecule has 0 radical (unpaired) electrons. The Morgan fingerprint density at radius 1 is 1.54 bits per heavy atom. The summed E-state index contributed by atoms with van der Waals surface area (Å²) in [6, 6.07) is 0.